The Morgan fingerprint density at radius 3 is 2.70 bits per heavy atom. The lowest BCUT2D eigenvalue weighted by Gasteiger charge is -2.06. The molecule has 0 aliphatic rings. The Balaban J connectivity index is 1.66. The average Bonchev–Trinajstić information content (AvgIpc) is 2.47. The van der Waals surface area contributed by atoms with Gasteiger partial charge in [0.1, 0.15) is 6.61 Å². The van der Waals surface area contributed by atoms with Crippen LogP contribution in [0.3, 0.4) is 0 Å². The van der Waals surface area contributed by atoms with E-state index in [9.17, 15) is 4.79 Å². The van der Waals surface area contributed by atoms with E-state index in [2.05, 4.69) is 10.3 Å². The van der Waals surface area contributed by atoms with Crippen LogP contribution in [0, 0.1) is 0 Å². The van der Waals surface area contributed by atoms with Crippen LogP contribution >= 0.6 is 0 Å². The third-order valence-corrected chi connectivity index (χ3v) is 2.66. The molecule has 0 bridgehead atoms. The van der Waals surface area contributed by atoms with Crippen molar-refractivity contribution in [2.75, 3.05) is 24.3 Å². The maximum atomic E-state index is 11.6. The number of hydrogen-bond donors (Lipinski definition) is 2. The fraction of sp³-hybridized carbons (Fsp3) is 0.200. The van der Waals surface area contributed by atoms with Gasteiger partial charge in [-0.1, -0.05) is 6.07 Å². The predicted octanol–water partition coefficient (Wildman–Crippen LogP) is 1.86. The summed E-state index contributed by atoms with van der Waals surface area (Å²) in [5.74, 6) is -0.184. The van der Waals surface area contributed by atoms with E-state index in [1.165, 1.54) is 0 Å². The highest BCUT2D eigenvalue weighted by Gasteiger charge is 2.02. The highest BCUT2D eigenvalue weighted by atomic mass is 16.5. The van der Waals surface area contributed by atoms with Crippen molar-refractivity contribution in [1.82, 2.24) is 4.98 Å². The molecule has 104 valence electrons. The van der Waals surface area contributed by atoms with Crippen LogP contribution in [0.4, 0.5) is 11.4 Å². The molecule has 1 aromatic heterocycles. The quantitative estimate of drug-likeness (QED) is 0.621. The second-order valence-corrected chi connectivity index (χ2v) is 4.29. The first-order valence-corrected chi connectivity index (χ1v) is 6.37. The first-order valence-electron chi connectivity index (χ1n) is 6.37. The molecule has 0 aliphatic heterocycles. The molecule has 0 saturated carbocycles. The molecule has 0 radical (unpaired) electrons. The number of nitrogens with one attached hydrogen (secondary N) is 1. The zero-order valence-corrected chi connectivity index (χ0v) is 11.1. The molecule has 0 fully saturated rings. The van der Waals surface area contributed by atoms with Crippen molar-refractivity contribution < 1.29 is 9.53 Å². The van der Waals surface area contributed by atoms with Crippen LogP contribution in [-0.2, 0) is 16.0 Å². The lowest BCUT2D eigenvalue weighted by atomic mass is 10.3. The monoisotopic (exact) mass is 271 g/mol. The molecule has 5 nitrogen and oxygen atoms in total. The molecular weight excluding hydrogens is 254 g/mol. The zero-order valence-electron chi connectivity index (χ0n) is 11.1. The molecule has 1 amide bonds. The number of nitrogens with two attached hydrogens (primary N) is 1. The molecule has 5 heteroatoms. The van der Waals surface area contributed by atoms with Crippen molar-refractivity contribution in [1.29, 1.82) is 0 Å². The number of carbonyl (C=O) groups is 1. The molecule has 2 rings (SSSR count). The second kappa shape index (κ2) is 7.25. The van der Waals surface area contributed by atoms with E-state index in [-0.39, 0.29) is 12.5 Å². The van der Waals surface area contributed by atoms with E-state index in [1.54, 1.807) is 30.5 Å². The van der Waals surface area contributed by atoms with Crippen LogP contribution in [-0.4, -0.2) is 24.1 Å². The molecule has 0 spiro atoms. The molecular formula is C15H17N3O2. The molecule has 0 atom stereocenters. The van der Waals surface area contributed by atoms with Crippen molar-refractivity contribution in [2.45, 2.75) is 6.42 Å². The molecule has 1 heterocycles. The molecule has 0 saturated heterocycles. The van der Waals surface area contributed by atoms with E-state index in [0.29, 0.717) is 24.4 Å². The molecule has 0 aliphatic carbocycles. The van der Waals surface area contributed by atoms with Gasteiger partial charge >= 0.3 is 0 Å². The van der Waals surface area contributed by atoms with Crippen LogP contribution < -0.4 is 11.1 Å². The number of ether oxygens (including phenoxy) is 1. The summed E-state index contributed by atoms with van der Waals surface area (Å²) in [5.41, 5.74) is 7.89. The van der Waals surface area contributed by atoms with Gasteiger partial charge in [0.25, 0.3) is 0 Å². The third kappa shape index (κ3) is 4.70. The van der Waals surface area contributed by atoms with Gasteiger partial charge in [-0.2, -0.15) is 0 Å². The Morgan fingerprint density at radius 2 is 2.00 bits per heavy atom. The number of rotatable bonds is 6. The number of pyridine rings is 1. The van der Waals surface area contributed by atoms with Crippen LogP contribution in [0.2, 0.25) is 0 Å². The Morgan fingerprint density at radius 1 is 1.20 bits per heavy atom. The minimum atomic E-state index is -0.184. The van der Waals surface area contributed by atoms with Crippen LogP contribution in [0.25, 0.3) is 0 Å². The van der Waals surface area contributed by atoms with Gasteiger partial charge < -0.3 is 15.8 Å². The van der Waals surface area contributed by atoms with Gasteiger partial charge in [0.2, 0.25) is 5.91 Å². The smallest absolute Gasteiger partial charge is 0.250 e. The maximum Gasteiger partial charge on any atom is 0.250 e. The summed E-state index contributed by atoms with van der Waals surface area (Å²) >= 11 is 0. The number of carbonyl (C=O) groups excluding carboxylic acids is 1. The molecule has 3 N–H and O–H groups in total. The SMILES string of the molecule is Nc1ccc(NC(=O)COCCc2ccccn2)cc1. The van der Waals surface area contributed by atoms with E-state index in [0.717, 1.165) is 5.69 Å². The Labute approximate surface area is 117 Å². The highest BCUT2D eigenvalue weighted by Crippen LogP contribution is 2.10. The van der Waals surface area contributed by atoms with Crippen LogP contribution in [0.5, 0.6) is 0 Å². The van der Waals surface area contributed by atoms with Gasteiger partial charge in [-0.3, -0.25) is 9.78 Å². The lowest BCUT2D eigenvalue weighted by molar-refractivity contribution is -0.120. The predicted molar refractivity (Wildman–Crippen MR) is 78.2 cm³/mol. The molecule has 20 heavy (non-hydrogen) atoms. The number of nitrogens with zero attached hydrogens (tertiary/aromatic N) is 1. The molecule has 1 aromatic carbocycles. The summed E-state index contributed by atoms with van der Waals surface area (Å²) in [6, 6.07) is 12.7. The van der Waals surface area contributed by atoms with Crippen LogP contribution in [0.1, 0.15) is 5.69 Å². The second-order valence-electron chi connectivity index (χ2n) is 4.29. The zero-order chi connectivity index (χ0) is 14.2. The van der Waals surface area contributed by atoms with E-state index in [1.807, 2.05) is 18.2 Å². The number of hydrogen-bond acceptors (Lipinski definition) is 4. The third-order valence-electron chi connectivity index (χ3n) is 2.66. The Bertz CT molecular complexity index is 541. The van der Waals surface area contributed by atoms with Crippen molar-refractivity contribution in [2.24, 2.45) is 0 Å². The number of nitrogen functional groups attached to an aromatic ring is 1. The van der Waals surface area contributed by atoms with Gasteiger partial charge in [-0.15, -0.1) is 0 Å². The number of anilines is 2. The largest absolute Gasteiger partial charge is 0.399 e. The first-order chi connectivity index (χ1) is 9.74. The van der Waals surface area contributed by atoms with Crippen molar-refractivity contribution in [3.8, 4) is 0 Å². The number of aromatic nitrogens is 1. The van der Waals surface area contributed by atoms with Gasteiger partial charge in [0.05, 0.1) is 6.61 Å². The van der Waals surface area contributed by atoms with Gasteiger partial charge in [-0.25, -0.2) is 0 Å². The van der Waals surface area contributed by atoms with Crippen molar-refractivity contribution >= 4 is 17.3 Å². The molecule has 2 aromatic rings. The summed E-state index contributed by atoms with van der Waals surface area (Å²) in [4.78, 5) is 15.8. The average molecular weight is 271 g/mol. The van der Waals surface area contributed by atoms with E-state index in [4.69, 9.17) is 10.5 Å². The lowest BCUT2D eigenvalue weighted by Crippen LogP contribution is -2.19. The van der Waals surface area contributed by atoms with E-state index >= 15 is 0 Å². The fourth-order valence-electron chi connectivity index (χ4n) is 1.65. The number of benzene rings is 1. The summed E-state index contributed by atoms with van der Waals surface area (Å²) in [7, 11) is 0. The van der Waals surface area contributed by atoms with Crippen molar-refractivity contribution in [3.05, 3.63) is 54.4 Å². The summed E-state index contributed by atoms with van der Waals surface area (Å²) < 4.78 is 5.32. The topological polar surface area (TPSA) is 77.2 Å². The van der Waals surface area contributed by atoms with E-state index < -0.39 is 0 Å². The summed E-state index contributed by atoms with van der Waals surface area (Å²) in [6.07, 6.45) is 2.43. The standard InChI is InChI=1S/C15H17N3O2/c16-12-4-6-14(7-5-12)18-15(19)11-20-10-8-13-3-1-2-9-17-13/h1-7,9H,8,10-11,16H2,(H,18,19). The summed E-state index contributed by atoms with van der Waals surface area (Å²) in [6.45, 7) is 0.489. The fourth-order valence-corrected chi connectivity index (χ4v) is 1.65. The van der Waals surface area contributed by atoms with Gasteiger partial charge in [0, 0.05) is 29.7 Å². The van der Waals surface area contributed by atoms with Gasteiger partial charge in [0.15, 0.2) is 0 Å². The normalized spacial score (nSPS) is 10.2. The Hall–Kier alpha value is -2.40. The van der Waals surface area contributed by atoms with Gasteiger partial charge in [-0.05, 0) is 36.4 Å². The highest BCUT2D eigenvalue weighted by molar-refractivity contribution is 5.91. The minimum Gasteiger partial charge on any atom is -0.399 e. The molecule has 0 unspecified atom stereocenters. The first kappa shape index (κ1) is 14.0. The van der Waals surface area contributed by atoms with Crippen molar-refractivity contribution in [3.63, 3.8) is 0 Å². The number of amides is 1. The minimum absolute atomic E-state index is 0.0250. The maximum absolute atomic E-state index is 11.6. The Kier molecular flexibility index (Phi) is 5.08. The van der Waals surface area contributed by atoms with Crippen LogP contribution in [0.15, 0.2) is 48.7 Å². The summed E-state index contributed by atoms with van der Waals surface area (Å²) in [5, 5.41) is 2.73.